The number of unbranched alkanes of at least 4 members (excludes halogenated alkanes) is 2. The summed E-state index contributed by atoms with van der Waals surface area (Å²) in [5.74, 6) is 0. The molecule has 2 nitrogen and oxygen atoms in total. The van der Waals surface area contributed by atoms with E-state index >= 15 is 0 Å². The summed E-state index contributed by atoms with van der Waals surface area (Å²) in [5.41, 5.74) is -0.651. The van der Waals surface area contributed by atoms with E-state index < -0.39 is 5.60 Å². The van der Waals surface area contributed by atoms with Crippen molar-refractivity contribution in [1.29, 1.82) is 0 Å². The van der Waals surface area contributed by atoms with Crippen molar-refractivity contribution in [3.05, 3.63) is 37.0 Å². The van der Waals surface area contributed by atoms with E-state index in [1.807, 2.05) is 32.1 Å². The Bertz CT molecular complexity index is 350. The maximum absolute atomic E-state index is 11.3. The molecular formula is C23H43NO. The van der Waals surface area contributed by atoms with E-state index in [9.17, 15) is 5.11 Å². The van der Waals surface area contributed by atoms with E-state index in [4.69, 9.17) is 0 Å². The van der Waals surface area contributed by atoms with E-state index in [0.29, 0.717) is 6.04 Å². The number of aliphatic hydroxyl groups is 1. The molecule has 0 fully saturated rings. The highest BCUT2D eigenvalue weighted by Crippen LogP contribution is 2.28. The molecule has 146 valence electrons. The summed E-state index contributed by atoms with van der Waals surface area (Å²) < 4.78 is 0. The smallest absolute Gasteiger partial charge is 0.0731 e. The van der Waals surface area contributed by atoms with Gasteiger partial charge >= 0.3 is 0 Å². The van der Waals surface area contributed by atoms with Gasteiger partial charge in [0.05, 0.1) is 5.60 Å². The number of hydrogen-bond donors (Lipinski definition) is 1. The molecule has 1 unspecified atom stereocenters. The van der Waals surface area contributed by atoms with Crippen LogP contribution in [0.3, 0.4) is 0 Å². The van der Waals surface area contributed by atoms with Gasteiger partial charge in [-0.1, -0.05) is 57.1 Å². The summed E-state index contributed by atoms with van der Waals surface area (Å²) in [4.78, 5) is 2.63. The van der Waals surface area contributed by atoms with Gasteiger partial charge in [-0.15, -0.1) is 6.58 Å². The van der Waals surface area contributed by atoms with Gasteiger partial charge in [0.15, 0.2) is 0 Å². The van der Waals surface area contributed by atoms with Gasteiger partial charge < -0.3 is 10.0 Å². The van der Waals surface area contributed by atoms with Crippen molar-refractivity contribution in [3.8, 4) is 0 Å². The molecule has 2 heteroatoms. The van der Waals surface area contributed by atoms with E-state index in [0.717, 1.165) is 45.2 Å². The zero-order valence-electron chi connectivity index (χ0n) is 17.3. The van der Waals surface area contributed by atoms with Crippen LogP contribution in [0, 0.1) is 0 Å². The van der Waals surface area contributed by atoms with Gasteiger partial charge in [-0.25, -0.2) is 0 Å². The van der Waals surface area contributed by atoms with Crippen LogP contribution in [0.5, 0.6) is 0 Å². The third kappa shape index (κ3) is 11.4. The zero-order chi connectivity index (χ0) is 19.0. The maximum Gasteiger partial charge on any atom is 0.0731 e. The van der Waals surface area contributed by atoms with Crippen molar-refractivity contribution in [2.75, 3.05) is 13.1 Å². The minimum atomic E-state index is -0.651. The lowest BCUT2D eigenvalue weighted by Gasteiger charge is -2.37. The van der Waals surface area contributed by atoms with E-state index in [1.165, 1.54) is 25.7 Å². The van der Waals surface area contributed by atoms with Gasteiger partial charge in [0.25, 0.3) is 0 Å². The predicted octanol–water partition coefficient (Wildman–Crippen LogP) is 6.28. The molecule has 0 aromatic heterocycles. The fourth-order valence-corrected chi connectivity index (χ4v) is 3.29. The SMILES string of the molecule is C=CCCC(CC(O)(CC=CC)CC=CC)N(CCCC)CCCC. The van der Waals surface area contributed by atoms with Crippen molar-refractivity contribution < 1.29 is 5.11 Å². The second kappa shape index (κ2) is 15.4. The molecule has 0 bridgehead atoms. The van der Waals surface area contributed by atoms with Crippen molar-refractivity contribution in [1.82, 2.24) is 4.90 Å². The molecule has 0 aliphatic heterocycles. The van der Waals surface area contributed by atoms with Gasteiger partial charge in [0, 0.05) is 6.04 Å². The number of rotatable bonds is 16. The molecule has 0 radical (unpaired) electrons. The Hall–Kier alpha value is -0.860. The van der Waals surface area contributed by atoms with Gasteiger partial charge in [0.2, 0.25) is 0 Å². The monoisotopic (exact) mass is 349 g/mol. The highest BCUT2D eigenvalue weighted by Gasteiger charge is 2.30. The highest BCUT2D eigenvalue weighted by atomic mass is 16.3. The Labute approximate surface area is 157 Å². The lowest BCUT2D eigenvalue weighted by molar-refractivity contribution is 0.00381. The van der Waals surface area contributed by atoms with Crippen LogP contribution < -0.4 is 0 Å². The van der Waals surface area contributed by atoms with Crippen molar-refractivity contribution in [2.45, 2.75) is 97.1 Å². The Kier molecular flexibility index (Phi) is 14.9. The Morgan fingerprint density at radius 1 is 1.00 bits per heavy atom. The first-order chi connectivity index (χ1) is 12.1. The zero-order valence-corrected chi connectivity index (χ0v) is 17.3. The summed E-state index contributed by atoms with van der Waals surface area (Å²) in [6, 6.07) is 0.427. The fourth-order valence-electron chi connectivity index (χ4n) is 3.29. The molecule has 0 saturated carbocycles. The van der Waals surface area contributed by atoms with Crippen molar-refractivity contribution in [2.24, 2.45) is 0 Å². The summed E-state index contributed by atoms with van der Waals surface area (Å²) >= 11 is 0. The minimum Gasteiger partial charge on any atom is -0.389 e. The van der Waals surface area contributed by atoms with Gasteiger partial charge in [-0.3, -0.25) is 0 Å². The van der Waals surface area contributed by atoms with Crippen LogP contribution in [-0.4, -0.2) is 34.7 Å². The largest absolute Gasteiger partial charge is 0.389 e. The van der Waals surface area contributed by atoms with Crippen LogP contribution in [0.15, 0.2) is 37.0 Å². The Morgan fingerprint density at radius 3 is 1.92 bits per heavy atom. The van der Waals surface area contributed by atoms with Crippen molar-refractivity contribution >= 4 is 0 Å². The molecule has 0 saturated heterocycles. The molecule has 0 spiro atoms. The summed E-state index contributed by atoms with van der Waals surface area (Å²) in [6.45, 7) is 14.8. The lowest BCUT2D eigenvalue weighted by atomic mass is 9.85. The van der Waals surface area contributed by atoms with Gasteiger partial charge in [-0.05, 0) is 71.9 Å². The fraction of sp³-hybridized carbons (Fsp3) is 0.739. The first-order valence-corrected chi connectivity index (χ1v) is 10.4. The molecular weight excluding hydrogens is 306 g/mol. The lowest BCUT2D eigenvalue weighted by Crippen LogP contribution is -2.43. The molecule has 25 heavy (non-hydrogen) atoms. The number of allylic oxidation sites excluding steroid dienone is 3. The average molecular weight is 350 g/mol. The molecule has 0 aliphatic carbocycles. The first-order valence-electron chi connectivity index (χ1n) is 10.4. The van der Waals surface area contributed by atoms with E-state index in [1.54, 1.807) is 0 Å². The van der Waals surface area contributed by atoms with E-state index in [2.05, 4.69) is 37.5 Å². The van der Waals surface area contributed by atoms with Gasteiger partial charge in [0.1, 0.15) is 0 Å². The second-order valence-electron chi connectivity index (χ2n) is 7.24. The third-order valence-corrected chi connectivity index (χ3v) is 4.90. The molecule has 0 aromatic carbocycles. The molecule has 0 rings (SSSR count). The molecule has 0 aromatic rings. The first kappa shape index (κ1) is 24.1. The van der Waals surface area contributed by atoms with Crippen LogP contribution in [0.1, 0.15) is 85.5 Å². The number of hydrogen-bond acceptors (Lipinski definition) is 2. The van der Waals surface area contributed by atoms with Crippen LogP contribution in [0.4, 0.5) is 0 Å². The Morgan fingerprint density at radius 2 is 1.52 bits per heavy atom. The van der Waals surface area contributed by atoms with Gasteiger partial charge in [-0.2, -0.15) is 0 Å². The summed E-state index contributed by atoms with van der Waals surface area (Å²) in [7, 11) is 0. The Balaban J connectivity index is 5.26. The maximum atomic E-state index is 11.3. The molecule has 1 atom stereocenters. The van der Waals surface area contributed by atoms with Crippen LogP contribution in [0.2, 0.25) is 0 Å². The quantitative estimate of drug-likeness (QED) is 0.332. The standard InChI is InChI=1S/C23H43NO/c1-6-11-16-22(24(19-14-9-4)20-15-10-5)21-23(25,17-12-7-2)18-13-8-3/h6-8,12-13,22,25H,1,9-11,14-21H2,2-5H3. The van der Waals surface area contributed by atoms with Crippen LogP contribution in [0.25, 0.3) is 0 Å². The van der Waals surface area contributed by atoms with Crippen LogP contribution in [-0.2, 0) is 0 Å². The average Bonchev–Trinajstić information content (AvgIpc) is 2.62. The number of nitrogens with zero attached hydrogens (tertiary/aromatic N) is 1. The van der Waals surface area contributed by atoms with Crippen LogP contribution >= 0.6 is 0 Å². The molecule has 0 aliphatic rings. The normalized spacial score (nSPS) is 15.9. The topological polar surface area (TPSA) is 23.5 Å². The van der Waals surface area contributed by atoms with Crippen molar-refractivity contribution in [3.63, 3.8) is 0 Å². The molecule has 0 amide bonds. The summed E-state index contributed by atoms with van der Waals surface area (Å²) in [6.07, 6.45) is 19.6. The molecule has 1 N–H and O–H groups in total. The minimum absolute atomic E-state index is 0.427. The van der Waals surface area contributed by atoms with E-state index in [-0.39, 0.29) is 0 Å². The third-order valence-electron chi connectivity index (χ3n) is 4.90. The predicted molar refractivity (Wildman–Crippen MR) is 113 cm³/mol. The molecule has 0 heterocycles. The summed E-state index contributed by atoms with van der Waals surface area (Å²) in [5, 5.41) is 11.3. The highest BCUT2D eigenvalue weighted by molar-refractivity contribution is 4.98. The second-order valence-corrected chi connectivity index (χ2v) is 7.24.